The Morgan fingerprint density at radius 2 is 2.15 bits per heavy atom. The summed E-state index contributed by atoms with van der Waals surface area (Å²) >= 11 is 1.92. The van der Waals surface area contributed by atoms with E-state index < -0.39 is 0 Å². The van der Waals surface area contributed by atoms with Crippen LogP contribution < -0.4 is 10.6 Å². The fourth-order valence-electron chi connectivity index (χ4n) is 3.02. The zero-order chi connectivity index (χ0) is 17.5. The summed E-state index contributed by atoms with van der Waals surface area (Å²) in [6.07, 6.45) is 8.96. The number of hydrogen-bond acceptors (Lipinski definition) is 4. The summed E-state index contributed by atoms with van der Waals surface area (Å²) in [4.78, 5) is 11.0. The quantitative estimate of drug-likeness (QED) is 0.272. The second-order valence-electron chi connectivity index (χ2n) is 6.36. The van der Waals surface area contributed by atoms with Gasteiger partial charge in [0.2, 0.25) is 0 Å². The van der Waals surface area contributed by atoms with E-state index in [2.05, 4.69) is 27.6 Å². The second-order valence-corrected chi connectivity index (χ2v) is 7.52. The Morgan fingerprint density at radius 3 is 2.88 bits per heavy atom. The first kappa shape index (κ1) is 21.1. The normalized spacial score (nSPS) is 13.8. The summed E-state index contributed by atoms with van der Waals surface area (Å²) in [6, 6.07) is 2.00. The molecule has 0 aromatic carbocycles. The van der Waals surface area contributed by atoms with Crippen LogP contribution in [0.5, 0.6) is 0 Å². The minimum atomic E-state index is 0. The van der Waals surface area contributed by atoms with Gasteiger partial charge in [0.15, 0.2) is 5.96 Å². The smallest absolute Gasteiger partial charge is 0.191 e. The predicted molar refractivity (Wildman–Crippen MR) is 119 cm³/mol. The molecule has 0 aliphatic heterocycles. The Hall–Kier alpha value is -1.16. The van der Waals surface area contributed by atoms with Crippen molar-refractivity contribution in [3.8, 4) is 0 Å². The third-order valence-corrected chi connectivity index (χ3v) is 5.63. The first-order valence-electron chi connectivity index (χ1n) is 9.22. The SMILES string of the molecule is CCNC(=NCc1ccnn1C)NCCCc1nc2c(s1)CCCC2.I. The van der Waals surface area contributed by atoms with Crippen molar-refractivity contribution in [1.82, 2.24) is 25.4 Å². The van der Waals surface area contributed by atoms with E-state index in [9.17, 15) is 0 Å². The number of guanidine groups is 1. The van der Waals surface area contributed by atoms with Crippen LogP contribution in [0.15, 0.2) is 17.3 Å². The number of aliphatic imine (C=N–C) groups is 1. The predicted octanol–water partition coefficient (Wildman–Crippen LogP) is 3.06. The molecule has 26 heavy (non-hydrogen) atoms. The van der Waals surface area contributed by atoms with Crippen LogP contribution in [-0.4, -0.2) is 33.8 Å². The van der Waals surface area contributed by atoms with Crippen molar-refractivity contribution in [3.63, 3.8) is 0 Å². The molecule has 2 heterocycles. The van der Waals surface area contributed by atoms with Crippen molar-refractivity contribution in [1.29, 1.82) is 0 Å². The molecule has 0 amide bonds. The molecule has 0 fully saturated rings. The monoisotopic (exact) mass is 488 g/mol. The number of rotatable bonds is 7. The zero-order valence-electron chi connectivity index (χ0n) is 15.6. The van der Waals surface area contributed by atoms with Gasteiger partial charge in [-0.15, -0.1) is 35.3 Å². The first-order chi connectivity index (χ1) is 12.3. The van der Waals surface area contributed by atoms with Crippen molar-refractivity contribution in [2.45, 2.75) is 52.0 Å². The molecule has 1 aliphatic carbocycles. The molecule has 2 N–H and O–H groups in total. The maximum atomic E-state index is 4.82. The minimum Gasteiger partial charge on any atom is -0.357 e. The largest absolute Gasteiger partial charge is 0.357 e. The lowest BCUT2D eigenvalue weighted by Gasteiger charge is -2.11. The number of thiazole rings is 1. The van der Waals surface area contributed by atoms with Crippen LogP contribution in [0.25, 0.3) is 0 Å². The maximum absolute atomic E-state index is 4.82. The number of nitrogens with one attached hydrogen (secondary N) is 2. The Bertz CT molecular complexity index is 685. The number of aromatic nitrogens is 3. The van der Waals surface area contributed by atoms with Crippen LogP contribution in [0.3, 0.4) is 0 Å². The third-order valence-electron chi connectivity index (χ3n) is 4.42. The van der Waals surface area contributed by atoms with Gasteiger partial charge in [-0.25, -0.2) is 9.98 Å². The van der Waals surface area contributed by atoms with Crippen LogP contribution in [0.1, 0.15) is 47.5 Å². The Morgan fingerprint density at radius 1 is 1.31 bits per heavy atom. The summed E-state index contributed by atoms with van der Waals surface area (Å²) in [5.41, 5.74) is 2.47. The van der Waals surface area contributed by atoms with E-state index in [1.807, 2.05) is 29.1 Å². The van der Waals surface area contributed by atoms with Crippen molar-refractivity contribution in [2.24, 2.45) is 12.0 Å². The third kappa shape index (κ3) is 5.94. The van der Waals surface area contributed by atoms with E-state index in [0.29, 0.717) is 6.54 Å². The van der Waals surface area contributed by atoms with Crippen LogP contribution in [0.4, 0.5) is 0 Å². The number of fused-ring (bicyclic) bond motifs is 1. The molecule has 2 aromatic heterocycles. The molecule has 144 valence electrons. The maximum Gasteiger partial charge on any atom is 0.191 e. The second kappa shape index (κ2) is 10.9. The molecule has 0 saturated heterocycles. The molecule has 8 heteroatoms. The Labute approximate surface area is 176 Å². The number of aryl methyl sites for hydroxylation is 4. The molecule has 0 spiro atoms. The van der Waals surface area contributed by atoms with Crippen LogP contribution in [0, 0.1) is 0 Å². The van der Waals surface area contributed by atoms with Gasteiger partial charge in [-0.1, -0.05) is 0 Å². The molecule has 3 rings (SSSR count). The van der Waals surface area contributed by atoms with Crippen LogP contribution in [0.2, 0.25) is 0 Å². The zero-order valence-corrected chi connectivity index (χ0v) is 18.8. The molecule has 2 aromatic rings. The minimum absolute atomic E-state index is 0. The molecule has 0 unspecified atom stereocenters. The van der Waals surface area contributed by atoms with E-state index >= 15 is 0 Å². The van der Waals surface area contributed by atoms with E-state index in [-0.39, 0.29) is 24.0 Å². The van der Waals surface area contributed by atoms with Crippen LogP contribution >= 0.6 is 35.3 Å². The number of hydrogen-bond donors (Lipinski definition) is 2. The topological polar surface area (TPSA) is 67.1 Å². The molecule has 0 bridgehead atoms. The highest BCUT2D eigenvalue weighted by Crippen LogP contribution is 2.27. The van der Waals surface area contributed by atoms with Gasteiger partial charge in [0.25, 0.3) is 0 Å². The van der Waals surface area contributed by atoms with E-state index in [1.165, 1.54) is 41.3 Å². The van der Waals surface area contributed by atoms with Crippen molar-refractivity contribution < 1.29 is 0 Å². The van der Waals surface area contributed by atoms with Gasteiger partial charge in [-0.3, -0.25) is 4.68 Å². The highest BCUT2D eigenvalue weighted by atomic mass is 127. The van der Waals surface area contributed by atoms with Gasteiger partial charge in [-0.2, -0.15) is 5.10 Å². The van der Waals surface area contributed by atoms with Crippen molar-refractivity contribution >= 4 is 41.3 Å². The van der Waals surface area contributed by atoms with Crippen LogP contribution in [-0.2, 0) is 32.9 Å². The summed E-state index contributed by atoms with van der Waals surface area (Å²) in [7, 11) is 1.94. The van der Waals surface area contributed by atoms with Crippen molar-refractivity contribution in [3.05, 3.63) is 33.5 Å². The molecular weight excluding hydrogens is 459 g/mol. The molecule has 6 nitrogen and oxygen atoms in total. The highest BCUT2D eigenvalue weighted by Gasteiger charge is 2.14. The molecule has 0 saturated carbocycles. The lowest BCUT2D eigenvalue weighted by atomic mass is 10.0. The van der Waals surface area contributed by atoms with E-state index in [4.69, 9.17) is 4.98 Å². The fourth-order valence-corrected chi connectivity index (χ4v) is 4.22. The fraction of sp³-hybridized carbons (Fsp3) is 0.611. The van der Waals surface area contributed by atoms with Gasteiger partial charge in [0.05, 0.1) is 22.9 Å². The number of nitrogens with zero attached hydrogens (tertiary/aromatic N) is 4. The van der Waals surface area contributed by atoms with Gasteiger partial charge in [0.1, 0.15) is 0 Å². The van der Waals surface area contributed by atoms with Gasteiger partial charge >= 0.3 is 0 Å². The lowest BCUT2D eigenvalue weighted by Crippen LogP contribution is -2.37. The average molecular weight is 488 g/mol. The first-order valence-corrected chi connectivity index (χ1v) is 10.0. The molecule has 0 radical (unpaired) electrons. The van der Waals surface area contributed by atoms with Gasteiger partial charge in [-0.05, 0) is 45.1 Å². The van der Waals surface area contributed by atoms with Gasteiger partial charge < -0.3 is 10.6 Å². The molecule has 1 aliphatic rings. The van der Waals surface area contributed by atoms with E-state index in [0.717, 1.165) is 37.6 Å². The highest BCUT2D eigenvalue weighted by molar-refractivity contribution is 14.0. The Balaban J connectivity index is 0.00000243. The summed E-state index contributed by atoms with van der Waals surface area (Å²) in [5.74, 6) is 0.863. The van der Waals surface area contributed by atoms with Gasteiger partial charge in [0, 0.05) is 37.6 Å². The van der Waals surface area contributed by atoms with E-state index in [1.54, 1.807) is 6.20 Å². The summed E-state index contributed by atoms with van der Waals surface area (Å²) in [6.45, 7) is 4.48. The Kier molecular flexibility index (Phi) is 8.83. The molecule has 0 atom stereocenters. The summed E-state index contributed by atoms with van der Waals surface area (Å²) < 4.78 is 1.86. The average Bonchev–Trinajstić information content (AvgIpc) is 3.21. The molecular formula is C18H29IN6S. The standard InChI is InChI=1S/C18H28N6S.HI/c1-3-19-18(21-13-14-10-12-22-24(14)2)20-11-6-9-17-23-15-7-4-5-8-16(15)25-17;/h10,12H,3-9,11,13H2,1-2H3,(H2,19,20,21);1H. The van der Waals surface area contributed by atoms with Crippen molar-refractivity contribution in [2.75, 3.05) is 13.1 Å². The lowest BCUT2D eigenvalue weighted by molar-refractivity contribution is 0.678. The number of halogens is 1. The summed E-state index contributed by atoms with van der Waals surface area (Å²) in [5, 5.41) is 12.2.